The average Bonchev–Trinajstić information content (AvgIpc) is 2.97. The van der Waals surface area contributed by atoms with Gasteiger partial charge in [0.1, 0.15) is 0 Å². The van der Waals surface area contributed by atoms with Crippen LogP contribution in [0.3, 0.4) is 0 Å². The average molecular weight is 475 g/mol. The quantitative estimate of drug-likeness (QED) is 0.618. The lowest BCUT2D eigenvalue weighted by molar-refractivity contribution is 0.588. The summed E-state index contributed by atoms with van der Waals surface area (Å²) in [7, 11) is -0.280. The molecule has 0 aliphatic heterocycles. The maximum Gasteiger partial charge on any atom is 0.240 e. The fourth-order valence-corrected chi connectivity index (χ4v) is 4.20. The van der Waals surface area contributed by atoms with E-state index in [2.05, 4.69) is 9.71 Å². The number of rotatable bonds is 4. The van der Waals surface area contributed by atoms with Crippen LogP contribution in [-0.2, 0) is 17.1 Å². The van der Waals surface area contributed by atoms with Crippen molar-refractivity contribution in [1.29, 1.82) is 0 Å². The van der Waals surface area contributed by atoms with Gasteiger partial charge in [-0.2, -0.15) is 0 Å². The summed E-state index contributed by atoms with van der Waals surface area (Å²) < 4.78 is 28.3. The SMILES string of the molecule is Br.CNS(=O)(=O)c1ccc(Cl)c(-c2csc(=Nc3ccccc3)n2C)c1. The lowest BCUT2D eigenvalue weighted by atomic mass is 10.2. The molecule has 1 heterocycles. The van der Waals surface area contributed by atoms with Gasteiger partial charge in [-0.1, -0.05) is 29.8 Å². The Morgan fingerprint density at radius 1 is 1.15 bits per heavy atom. The Labute approximate surface area is 171 Å². The van der Waals surface area contributed by atoms with Crippen molar-refractivity contribution in [2.45, 2.75) is 4.90 Å². The minimum atomic E-state index is -3.54. The van der Waals surface area contributed by atoms with Crippen molar-refractivity contribution >= 4 is 55.6 Å². The number of hydrogen-bond acceptors (Lipinski definition) is 4. The van der Waals surface area contributed by atoms with Gasteiger partial charge >= 0.3 is 0 Å². The summed E-state index contributed by atoms with van der Waals surface area (Å²) in [6, 6.07) is 14.3. The van der Waals surface area contributed by atoms with Crippen LogP contribution in [0, 0.1) is 0 Å². The van der Waals surface area contributed by atoms with E-state index in [-0.39, 0.29) is 21.9 Å². The minimum Gasteiger partial charge on any atom is -0.319 e. The first-order valence-corrected chi connectivity index (χ1v) is 10.1. The summed E-state index contributed by atoms with van der Waals surface area (Å²) in [5.74, 6) is 0. The van der Waals surface area contributed by atoms with Crippen molar-refractivity contribution in [3.63, 3.8) is 0 Å². The Morgan fingerprint density at radius 3 is 2.50 bits per heavy atom. The molecule has 1 N–H and O–H groups in total. The highest BCUT2D eigenvalue weighted by Crippen LogP contribution is 2.30. The fourth-order valence-electron chi connectivity index (χ4n) is 2.31. The molecule has 0 saturated carbocycles. The van der Waals surface area contributed by atoms with Gasteiger partial charge in [-0.15, -0.1) is 28.3 Å². The largest absolute Gasteiger partial charge is 0.319 e. The number of nitrogens with one attached hydrogen (secondary N) is 1. The number of nitrogens with zero attached hydrogens (tertiary/aromatic N) is 2. The molecule has 138 valence electrons. The number of benzene rings is 2. The van der Waals surface area contributed by atoms with Crippen LogP contribution < -0.4 is 9.52 Å². The van der Waals surface area contributed by atoms with E-state index in [1.165, 1.54) is 24.5 Å². The maximum absolute atomic E-state index is 12.1. The number of hydrogen-bond donors (Lipinski definition) is 1. The Balaban J connectivity index is 0.00000243. The van der Waals surface area contributed by atoms with E-state index in [1.807, 2.05) is 47.3 Å². The summed E-state index contributed by atoms with van der Waals surface area (Å²) in [5.41, 5.74) is 2.30. The molecular weight excluding hydrogens is 458 g/mol. The van der Waals surface area contributed by atoms with Gasteiger partial charge in [0.25, 0.3) is 0 Å². The predicted molar refractivity (Wildman–Crippen MR) is 112 cm³/mol. The zero-order valence-corrected chi connectivity index (χ0v) is 18.1. The standard InChI is InChI=1S/C17H16ClN3O2S2.BrH/c1-19-25(22,23)13-8-9-15(18)14(10-13)16-11-24-17(21(16)2)20-12-6-4-3-5-7-12;/h3-11,19H,1-2H3;1H. The van der Waals surface area contributed by atoms with Crippen molar-refractivity contribution in [3.8, 4) is 11.3 Å². The molecule has 26 heavy (non-hydrogen) atoms. The van der Waals surface area contributed by atoms with Crippen LogP contribution in [0.25, 0.3) is 11.3 Å². The molecule has 0 fully saturated rings. The minimum absolute atomic E-state index is 0. The van der Waals surface area contributed by atoms with Gasteiger partial charge in [-0.25, -0.2) is 18.1 Å². The van der Waals surface area contributed by atoms with Crippen LogP contribution in [-0.4, -0.2) is 20.0 Å². The van der Waals surface area contributed by atoms with Crippen LogP contribution in [0.2, 0.25) is 5.02 Å². The van der Waals surface area contributed by atoms with E-state index in [1.54, 1.807) is 12.1 Å². The first-order valence-electron chi connectivity index (χ1n) is 7.40. The molecular formula is C17H17BrClN3O2S2. The summed E-state index contributed by atoms with van der Waals surface area (Å²) in [6.07, 6.45) is 0. The van der Waals surface area contributed by atoms with E-state index in [0.717, 1.165) is 16.2 Å². The topological polar surface area (TPSA) is 63.5 Å². The van der Waals surface area contributed by atoms with Crippen LogP contribution in [0.1, 0.15) is 0 Å². The highest BCUT2D eigenvalue weighted by molar-refractivity contribution is 8.93. The Kier molecular flexibility index (Phi) is 6.81. The smallest absolute Gasteiger partial charge is 0.240 e. The molecule has 2 aromatic carbocycles. The van der Waals surface area contributed by atoms with Crippen molar-refractivity contribution in [3.05, 3.63) is 63.7 Å². The van der Waals surface area contributed by atoms with E-state index in [9.17, 15) is 8.42 Å². The molecule has 3 aromatic rings. The van der Waals surface area contributed by atoms with Crippen molar-refractivity contribution in [2.75, 3.05) is 7.05 Å². The molecule has 0 bridgehead atoms. The molecule has 0 radical (unpaired) electrons. The number of thiazole rings is 1. The van der Waals surface area contributed by atoms with Crippen LogP contribution in [0.4, 0.5) is 5.69 Å². The Morgan fingerprint density at radius 2 is 1.85 bits per heavy atom. The molecule has 0 saturated heterocycles. The fraction of sp³-hybridized carbons (Fsp3) is 0.118. The van der Waals surface area contributed by atoms with E-state index in [4.69, 9.17) is 11.6 Å². The summed E-state index contributed by atoms with van der Waals surface area (Å²) >= 11 is 7.78. The van der Waals surface area contributed by atoms with Crippen molar-refractivity contribution in [1.82, 2.24) is 9.29 Å². The second-order valence-corrected chi connectivity index (χ2v) is 8.39. The Bertz CT molecular complexity index is 1080. The van der Waals surface area contributed by atoms with Crippen LogP contribution in [0.5, 0.6) is 0 Å². The highest BCUT2D eigenvalue weighted by Gasteiger charge is 2.16. The van der Waals surface area contributed by atoms with Gasteiger partial charge < -0.3 is 4.57 Å². The van der Waals surface area contributed by atoms with Gasteiger partial charge in [0.05, 0.1) is 16.3 Å². The monoisotopic (exact) mass is 473 g/mol. The predicted octanol–water partition coefficient (Wildman–Crippen LogP) is 4.13. The zero-order chi connectivity index (χ0) is 18.0. The molecule has 0 amide bonds. The molecule has 0 spiro atoms. The molecule has 0 aliphatic rings. The highest BCUT2D eigenvalue weighted by atomic mass is 79.9. The second-order valence-electron chi connectivity index (χ2n) is 5.26. The normalized spacial score (nSPS) is 12.0. The van der Waals surface area contributed by atoms with Gasteiger partial charge in [0, 0.05) is 23.0 Å². The van der Waals surface area contributed by atoms with E-state index >= 15 is 0 Å². The van der Waals surface area contributed by atoms with E-state index < -0.39 is 10.0 Å². The van der Waals surface area contributed by atoms with Crippen molar-refractivity contribution in [2.24, 2.45) is 12.0 Å². The first kappa shape index (κ1) is 20.9. The third-order valence-corrected chi connectivity index (χ3v) is 6.36. The summed E-state index contributed by atoms with van der Waals surface area (Å²) in [4.78, 5) is 5.57. The molecule has 0 unspecified atom stereocenters. The second kappa shape index (κ2) is 8.49. The molecule has 3 rings (SSSR count). The Hall–Kier alpha value is -1.45. The summed E-state index contributed by atoms with van der Waals surface area (Å²) in [5, 5.41) is 2.40. The van der Waals surface area contributed by atoms with Gasteiger partial charge in [-0.3, -0.25) is 0 Å². The third kappa shape index (κ3) is 4.27. The third-order valence-electron chi connectivity index (χ3n) is 3.70. The zero-order valence-electron chi connectivity index (χ0n) is 14.0. The van der Waals surface area contributed by atoms with Gasteiger partial charge in [-0.05, 0) is 37.4 Å². The van der Waals surface area contributed by atoms with Gasteiger partial charge in [0.15, 0.2) is 4.80 Å². The lowest BCUT2D eigenvalue weighted by Crippen LogP contribution is -2.18. The number of aromatic nitrogens is 1. The van der Waals surface area contributed by atoms with Crippen LogP contribution in [0.15, 0.2) is 63.8 Å². The van der Waals surface area contributed by atoms with Crippen LogP contribution >= 0.6 is 39.9 Å². The number of para-hydroxylation sites is 1. The summed E-state index contributed by atoms with van der Waals surface area (Å²) in [6.45, 7) is 0. The number of halogens is 2. The van der Waals surface area contributed by atoms with Gasteiger partial charge in [0.2, 0.25) is 10.0 Å². The maximum atomic E-state index is 12.1. The molecule has 5 nitrogen and oxygen atoms in total. The first-order chi connectivity index (χ1) is 11.9. The lowest BCUT2D eigenvalue weighted by Gasteiger charge is -2.09. The van der Waals surface area contributed by atoms with E-state index in [0.29, 0.717) is 10.6 Å². The van der Waals surface area contributed by atoms with Crippen molar-refractivity contribution < 1.29 is 8.42 Å². The molecule has 9 heteroatoms. The number of sulfonamides is 1. The molecule has 0 aliphatic carbocycles. The molecule has 1 aromatic heterocycles. The molecule has 0 atom stereocenters.